The molecule has 2 N–H and O–H groups in total. The molecule has 1 aromatic rings. The molecule has 112 valence electrons. The maximum atomic E-state index is 12.0. The van der Waals surface area contributed by atoms with Crippen LogP contribution in [0.3, 0.4) is 0 Å². The molecule has 20 heavy (non-hydrogen) atoms. The molecule has 0 aromatic heterocycles. The number of benzene rings is 1. The number of nitrogens with one attached hydrogen (secondary N) is 1. The van der Waals surface area contributed by atoms with Gasteiger partial charge < -0.3 is 19.9 Å². The summed E-state index contributed by atoms with van der Waals surface area (Å²) in [6, 6.07) is 5.29. The number of hydrogen-bond acceptors (Lipinski definition) is 4. The van der Waals surface area contributed by atoms with Crippen molar-refractivity contribution in [3.63, 3.8) is 0 Å². The van der Waals surface area contributed by atoms with E-state index in [9.17, 15) is 4.79 Å². The van der Waals surface area contributed by atoms with Gasteiger partial charge in [0.2, 0.25) is 5.91 Å². The first-order chi connectivity index (χ1) is 9.51. The van der Waals surface area contributed by atoms with E-state index in [-0.39, 0.29) is 30.9 Å². The Morgan fingerprint density at radius 1 is 1.30 bits per heavy atom. The molecule has 0 spiro atoms. The molecule has 0 aliphatic heterocycles. The first kappa shape index (κ1) is 16.3. The van der Waals surface area contributed by atoms with Crippen molar-refractivity contribution in [2.45, 2.75) is 26.3 Å². The van der Waals surface area contributed by atoms with Crippen LogP contribution < -0.4 is 14.8 Å². The third kappa shape index (κ3) is 4.42. The predicted molar refractivity (Wildman–Crippen MR) is 77.1 cm³/mol. The van der Waals surface area contributed by atoms with Gasteiger partial charge in [-0.1, -0.05) is 13.0 Å². The number of methoxy groups -OCH3 is 2. The van der Waals surface area contributed by atoms with Crippen LogP contribution >= 0.6 is 0 Å². The Hall–Kier alpha value is -1.75. The highest BCUT2D eigenvalue weighted by atomic mass is 16.5. The molecule has 0 aliphatic rings. The zero-order valence-corrected chi connectivity index (χ0v) is 12.5. The summed E-state index contributed by atoms with van der Waals surface area (Å²) >= 11 is 0. The summed E-state index contributed by atoms with van der Waals surface area (Å²) in [5.41, 5.74) is 0.801. The largest absolute Gasteiger partial charge is 0.497 e. The maximum absolute atomic E-state index is 12.0. The Bertz CT molecular complexity index is 447. The molecule has 5 heteroatoms. The van der Waals surface area contributed by atoms with Gasteiger partial charge in [-0.2, -0.15) is 0 Å². The molecule has 0 saturated carbocycles. The van der Waals surface area contributed by atoms with Crippen molar-refractivity contribution in [2.24, 2.45) is 5.92 Å². The lowest BCUT2D eigenvalue weighted by Crippen LogP contribution is -2.39. The highest BCUT2D eigenvalue weighted by Crippen LogP contribution is 2.24. The van der Waals surface area contributed by atoms with Crippen molar-refractivity contribution >= 4 is 5.91 Å². The molecular weight excluding hydrogens is 258 g/mol. The fourth-order valence-electron chi connectivity index (χ4n) is 1.78. The van der Waals surface area contributed by atoms with Crippen LogP contribution in [0.5, 0.6) is 11.5 Å². The Kier molecular flexibility index (Phi) is 6.31. The van der Waals surface area contributed by atoms with Crippen molar-refractivity contribution in [3.8, 4) is 11.5 Å². The molecule has 1 amide bonds. The summed E-state index contributed by atoms with van der Waals surface area (Å²) in [4.78, 5) is 12.0. The molecule has 1 aromatic carbocycles. The fraction of sp³-hybridized carbons (Fsp3) is 0.533. The third-order valence-corrected chi connectivity index (χ3v) is 3.38. The third-order valence-electron chi connectivity index (χ3n) is 3.38. The number of amides is 1. The normalized spacial score (nSPS) is 13.4. The predicted octanol–water partition coefficient (Wildman–Crippen LogP) is 1.38. The lowest BCUT2D eigenvalue weighted by molar-refractivity contribution is -0.121. The molecule has 0 radical (unpaired) electrons. The number of aliphatic hydroxyl groups excluding tert-OH is 1. The summed E-state index contributed by atoms with van der Waals surface area (Å²) < 4.78 is 10.4. The standard InChI is InChI=1S/C15H23NO4/c1-10(9-17)11(2)16-15(18)7-12-5-6-13(19-3)8-14(12)20-4/h5-6,8,10-11,17H,7,9H2,1-4H3,(H,16,18). The molecule has 1 rings (SSSR count). The van der Waals surface area contributed by atoms with E-state index in [1.807, 2.05) is 19.9 Å². The minimum absolute atomic E-state index is 0.0247. The quantitative estimate of drug-likeness (QED) is 0.792. The summed E-state index contributed by atoms with van der Waals surface area (Å²) in [6.07, 6.45) is 0.232. The van der Waals surface area contributed by atoms with Crippen molar-refractivity contribution in [3.05, 3.63) is 23.8 Å². The smallest absolute Gasteiger partial charge is 0.224 e. The SMILES string of the molecule is COc1ccc(CC(=O)NC(C)C(C)CO)c(OC)c1. The van der Waals surface area contributed by atoms with Gasteiger partial charge in [0.05, 0.1) is 20.6 Å². The summed E-state index contributed by atoms with van der Waals surface area (Å²) in [5, 5.41) is 11.9. The molecule has 0 fully saturated rings. The van der Waals surface area contributed by atoms with Crippen LogP contribution in [0, 0.1) is 5.92 Å². The molecular formula is C15H23NO4. The number of ether oxygens (including phenoxy) is 2. The van der Waals surface area contributed by atoms with Crippen LogP contribution in [0.1, 0.15) is 19.4 Å². The zero-order chi connectivity index (χ0) is 15.1. The zero-order valence-electron chi connectivity index (χ0n) is 12.5. The monoisotopic (exact) mass is 281 g/mol. The molecule has 5 nitrogen and oxygen atoms in total. The Morgan fingerprint density at radius 3 is 2.55 bits per heavy atom. The summed E-state index contributed by atoms with van der Waals surface area (Å²) in [6.45, 7) is 3.82. The van der Waals surface area contributed by atoms with E-state index < -0.39 is 0 Å². The number of carbonyl (C=O) groups excluding carboxylic acids is 1. The van der Waals surface area contributed by atoms with E-state index >= 15 is 0 Å². The summed E-state index contributed by atoms with van der Waals surface area (Å²) in [7, 11) is 3.14. The molecule has 0 bridgehead atoms. The molecule has 0 saturated heterocycles. The van der Waals surface area contributed by atoms with Gasteiger partial charge in [-0.3, -0.25) is 4.79 Å². The van der Waals surface area contributed by atoms with E-state index in [0.29, 0.717) is 11.5 Å². The lowest BCUT2D eigenvalue weighted by Gasteiger charge is -2.19. The van der Waals surface area contributed by atoms with Gasteiger partial charge in [0.25, 0.3) is 0 Å². The molecule has 2 unspecified atom stereocenters. The van der Waals surface area contributed by atoms with Crippen LogP contribution in [-0.2, 0) is 11.2 Å². The second-order valence-corrected chi connectivity index (χ2v) is 4.87. The van der Waals surface area contributed by atoms with Gasteiger partial charge in [-0.25, -0.2) is 0 Å². The Morgan fingerprint density at radius 2 is 2.00 bits per heavy atom. The van der Waals surface area contributed by atoms with E-state index in [1.54, 1.807) is 26.4 Å². The van der Waals surface area contributed by atoms with Crippen LogP contribution in [0.25, 0.3) is 0 Å². The average molecular weight is 281 g/mol. The van der Waals surface area contributed by atoms with Crippen molar-refractivity contribution in [1.82, 2.24) is 5.32 Å². The first-order valence-electron chi connectivity index (χ1n) is 6.63. The fourth-order valence-corrected chi connectivity index (χ4v) is 1.78. The van der Waals surface area contributed by atoms with Gasteiger partial charge in [0.1, 0.15) is 11.5 Å². The Labute approximate surface area is 119 Å². The van der Waals surface area contributed by atoms with Gasteiger partial charge in [-0.15, -0.1) is 0 Å². The second kappa shape index (κ2) is 7.75. The van der Waals surface area contributed by atoms with E-state index in [1.165, 1.54) is 0 Å². The van der Waals surface area contributed by atoms with Gasteiger partial charge in [-0.05, 0) is 18.9 Å². The highest BCUT2D eigenvalue weighted by Gasteiger charge is 2.15. The average Bonchev–Trinajstić information content (AvgIpc) is 2.46. The number of hydrogen-bond donors (Lipinski definition) is 2. The lowest BCUT2D eigenvalue weighted by atomic mass is 10.0. The van der Waals surface area contributed by atoms with E-state index in [4.69, 9.17) is 14.6 Å². The first-order valence-corrected chi connectivity index (χ1v) is 6.63. The number of carbonyl (C=O) groups is 1. The minimum atomic E-state index is -0.0960. The van der Waals surface area contributed by atoms with Crippen LogP contribution in [0.4, 0.5) is 0 Å². The van der Waals surface area contributed by atoms with Gasteiger partial charge >= 0.3 is 0 Å². The van der Waals surface area contributed by atoms with Crippen molar-refractivity contribution in [1.29, 1.82) is 0 Å². The van der Waals surface area contributed by atoms with Gasteiger partial charge in [0, 0.05) is 24.3 Å². The van der Waals surface area contributed by atoms with Gasteiger partial charge in [0.15, 0.2) is 0 Å². The minimum Gasteiger partial charge on any atom is -0.497 e. The van der Waals surface area contributed by atoms with E-state index in [2.05, 4.69) is 5.32 Å². The number of rotatable bonds is 7. The van der Waals surface area contributed by atoms with E-state index in [0.717, 1.165) is 5.56 Å². The van der Waals surface area contributed by atoms with Crippen LogP contribution in [-0.4, -0.2) is 37.9 Å². The maximum Gasteiger partial charge on any atom is 0.224 e. The second-order valence-electron chi connectivity index (χ2n) is 4.87. The molecule has 2 atom stereocenters. The molecule has 0 heterocycles. The van der Waals surface area contributed by atoms with Crippen molar-refractivity contribution < 1.29 is 19.4 Å². The van der Waals surface area contributed by atoms with Crippen LogP contribution in [0.15, 0.2) is 18.2 Å². The Balaban J connectivity index is 2.70. The number of aliphatic hydroxyl groups is 1. The molecule has 0 aliphatic carbocycles. The van der Waals surface area contributed by atoms with Crippen molar-refractivity contribution in [2.75, 3.05) is 20.8 Å². The summed E-state index contributed by atoms with van der Waals surface area (Å²) in [5.74, 6) is 1.24. The van der Waals surface area contributed by atoms with Crippen LogP contribution in [0.2, 0.25) is 0 Å². The highest BCUT2D eigenvalue weighted by molar-refractivity contribution is 5.79. The topological polar surface area (TPSA) is 67.8 Å².